The molecule has 0 spiro atoms. The van der Waals surface area contributed by atoms with Gasteiger partial charge in [-0.1, -0.05) is 121 Å². The molecule has 0 aliphatic carbocycles. The molecule has 240 valence electrons. The van der Waals surface area contributed by atoms with Crippen molar-refractivity contribution in [3.8, 4) is 33.7 Å². The van der Waals surface area contributed by atoms with Crippen LogP contribution in [0.3, 0.4) is 0 Å². The van der Waals surface area contributed by atoms with Gasteiger partial charge in [0, 0.05) is 45.4 Å². The maximum Gasteiger partial charge on any atom is 0.227 e. The molecule has 0 radical (unpaired) electrons. The Labute approximate surface area is 294 Å². The van der Waals surface area contributed by atoms with Crippen LogP contribution in [0.15, 0.2) is 191 Å². The van der Waals surface area contributed by atoms with Gasteiger partial charge in [0.25, 0.3) is 0 Å². The molecule has 0 unspecified atom stereocenters. The number of aromatic nitrogens is 1. The minimum Gasteiger partial charge on any atom is -0.456 e. The van der Waals surface area contributed by atoms with Crippen LogP contribution in [-0.2, 0) is 0 Å². The SMILES string of the molecule is c1ccc(-c2ccc(N(c3ccc4c(c3)oc3cc5nc(-c6ccccc6)oc5cc34)c3ccccc3-c3cccc4ccccc34)cc2)cc1. The van der Waals surface area contributed by atoms with E-state index < -0.39 is 0 Å². The van der Waals surface area contributed by atoms with Gasteiger partial charge in [-0.25, -0.2) is 4.98 Å². The maximum atomic E-state index is 6.58. The zero-order chi connectivity index (χ0) is 33.7. The Balaban J connectivity index is 1.14. The fourth-order valence-corrected chi connectivity index (χ4v) is 7.25. The van der Waals surface area contributed by atoms with E-state index in [4.69, 9.17) is 13.8 Å². The van der Waals surface area contributed by atoms with Crippen molar-refractivity contribution < 1.29 is 8.83 Å². The van der Waals surface area contributed by atoms with Crippen LogP contribution in [0.5, 0.6) is 0 Å². The van der Waals surface area contributed by atoms with Gasteiger partial charge in [-0.05, 0) is 76.0 Å². The molecule has 0 saturated heterocycles. The second kappa shape index (κ2) is 11.9. The Morgan fingerprint density at radius 3 is 1.88 bits per heavy atom. The summed E-state index contributed by atoms with van der Waals surface area (Å²) < 4.78 is 12.8. The lowest BCUT2D eigenvalue weighted by Gasteiger charge is -2.28. The average Bonchev–Trinajstić information content (AvgIpc) is 3.78. The predicted octanol–water partition coefficient (Wildman–Crippen LogP) is 13.4. The van der Waals surface area contributed by atoms with Crippen molar-refractivity contribution in [2.24, 2.45) is 0 Å². The monoisotopic (exact) mass is 654 g/mol. The molecule has 0 saturated carbocycles. The number of hydrogen-bond acceptors (Lipinski definition) is 4. The highest BCUT2D eigenvalue weighted by molar-refractivity contribution is 6.10. The first-order valence-electron chi connectivity index (χ1n) is 17.1. The Kier molecular flexibility index (Phi) is 6.78. The van der Waals surface area contributed by atoms with Gasteiger partial charge < -0.3 is 13.7 Å². The number of rotatable bonds is 6. The molecule has 0 bridgehead atoms. The molecule has 4 nitrogen and oxygen atoms in total. The molecule has 10 aromatic rings. The van der Waals surface area contributed by atoms with Crippen molar-refractivity contribution in [2.75, 3.05) is 4.90 Å². The van der Waals surface area contributed by atoms with Crippen molar-refractivity contribution >= 4 is 60.9 Å². The zero-order valence-corrected chi connectivity index (χ0v) is 27.5. The van der Waals surface area contributed by atoms with E-state index in [0.29, 0.717) is 5.89 Å². The lowest BCUT2D eigenvalue weighted by molar-refractivity contribution is 0.620. The van der Waals surface area contributed by atoms with Gasteiger partial charge in [0.1, 0.15) is 16.7 Å². The van der Waals surface area contributed by atoms with Crippen LogP contribution in [0.25, 0.3) is 77.5 Å². The largest absolute Gasteiger partial charge is 0.456 e. The summed E-state index contributed by atoms with van der Waals surface area (Å²) in [6.07, 6.45) is 0. The molecule has 8 aromatic carbocycles. The van der Waals surface area contributed by atoms with E-state index in [2.05, 4.69) is 138 Å². The molecule has 0 atom stereocenters. The van der Waals surface area contributed by atoms with Crippen molar-refractivity contribution in [1.29, 1.82) is 0 Å². The third-order valence-corrected chi connectivity index (χ3v) is 9.70. The molecule has 0 aliphatic rings. The summed E-state index contributed by atoms with van der Waals surface area (Å²) in [7, 11) is 0. The quantitative estimate of drug-likeness (QED) is 0.179. The third kappa shape index (κ3) is 5.04. The molecular formula is C47H30N2O2. The van der Waals surface area contributed by atoms with Crippen LogP contribution in [0.2, 0.25) is 0 Å². The van der Waals surface area contributed by atoms with Crippen LogP contribution in [-0.4, -0.2) is 4.98 Å². The van der Waals surface area contributed by atoms with Crippen molar-refractivity contribution in [2.45, 2.75) is 0 Å². The van der Waals surface area contributed by atoms with E-state index in [1.807, 2.05) is 48.5 Å². The second-order valence-corrected chi connectivity index (χ2v) is 12.8. The maximum absolute atomic E-state index is 6.58. The summed E-state index contributed by atoms with van der Waals surface area (Å²) in [6.45, 7) is 0. The van der Waals surface area contributed by atoms with Gasteiger partial charge in [-0.15, -0.1) is 0 Å². The molecule has 0 fully saturated rings. The summed E-state index contributed by atoms with van der Waals surface area (Å²) >= 11 is 0. The highest BCUT2D eigenvalue weighted by Gasteiger charge is 2.21. The van der Waals surface area contributed by atoms with Gasteiger partial charge >= 0.3 is 0 Å². The number of para-hydroxylation sites is 1. The number of nitrogens with zero attached hydrogens (tertiary/aromatic N) is 2. The van der Waals surface area contributed by atoms with E-state index in [-0.39, 0.29) is 0 Å². The normalized spacial score (nSPS) is 11.5. The van der Waals surface area contributed by atoms with Crippen LogP contribution in [0.1, 0.15) is 0 Å². The van der Waals surface area contributed by atoms with E-state index in [9.17, 15) is 0 Å². The van der Waals surface area contributed by atoms with Gasteiger partial charge in [-0.2, -0.15) is 0 Å². The van der Waals surface area contributed by atoms with Crippen LogP contribution in [0, 0.1) is 0 Å². The Morgan fingerprint density at radius 2 is 1.04 bits per heavy atom. The van der Waals surface area contributed by atoms with Crippen molar-refractivity contribution in [3.05, 3.63) is 182 Å². The van der Waals surface area contributed by atoms with E-state index in [1.165, 1.54) is 27.5 Å². The van der Waals surface area contributed by atoms with E-state index in [0.717, 1.165) is 61.2 Å². The molecule has 0 amide bonds. The first-order chi connectivity index (χ1) is 25.3. The average molecular weight is 655 g/mol. The van der Waals surface area contributed by atoms with Crippen LogP contribution >= 0.6 is 0 Å². The van der Waals surface area contributed by atoms with Gasteiger partial charge in [0.2, 0.25) is 5.89 Å². The number of furan rings is 1. The van der Waals surface area contributed by atoms with E-state index in [1.54, 1.807) is 0 Å². The van der Waals surface area contributed by atoms with Gasteiger partial charge in [0.05, 0.1) is 5.69 Å². The Bertz CT molecular complexity index is 2850. The van der Waals surface area contributed by atoms with Gasteiger partial charge in [0.15, 0.2) is 5.58 Å². The highest BCUT2D eigenvalue weighted by Crippen LogP contribution is 2.44. The zero-order valence-electron chi connectivity index (χ0n) is 27.5. The minimum atomic E-state index is 0.601. The Morgan fingerprint density at radius 1 is 0.392 bits per heavy atom. The minimum absolute atomic E-state index is 0.601. The summed E-state index contributed by atoms with van der Waals surface area (Å²) in [5.41, 5.74) is 11.8. The smallest absolute Gasteiger partial charge is 0.227 e. The molecule has 0 N–H and O–H groups in total. The molecule has 51 heavy (non-hydrogen) atoms. The first-order valence-corrected chi connectivity index (χ1v) is 17.1. The molecule has 0 aliphatic heterocycles. The first kappa shape index (κ1) is 29.0. The lowest BCUT2D eigenvalue weighted by atomic mass is 9.96. The standard InChI is InChI=1S/C47H30N2O2/c1-3-12-31(13-4-1)32-22-24-35(25-23-32)49(43-21-10-9-19-39(43)38-20-11-17-33-14-7-8-18-37(33)38)36-26-27-40-41-29-46-42(30-45(41)50-44(40)28-36)48-47(51-46)34-15-5-2-6-16-34/h1-30H. The summed E-state index contributed by atoms with van der Waals surface area (Å²) in [5.74, 6) is 0.601. The predicted molar refractivity (Wildman–Crippen MR) is 210 cm³/mol. The highest BCUT2D eigenvalue weighted by atomic mass is 16.4. The number of fused-ring (bicyclic) bond motifs is 5. The molecule has 10 rings (SSSR count). The van der Waals surface area contributed by atoms with E-state index >= 15 is 0 Å². The fourth-order valence-electron chi connectivity index (χ4n) is 7.25. The lowest BCUT2D eigenvalue weighted by Crippen LogP contribution is -2.11. The summed E-state index contributed by atoms with van der Waals surface area (Å²) in [4.78, 5) is 7.11. The molecule has 4 heteroatoms. The van der Waals surface area contributed by atoms with Gasteiger partial charge in [-0.3, -0.25) is 0 Å². The number of anilines is 3. The third-order valence-electron chi connectivity index (χ3n) is 9.70. The Hall–Kier alpha value is -6.91. The van der Waals surface area contributed by atoms with Crippen LogP contribution in [0.4, 0.5) is 17.1 Å². The number of hydrogen-bond donors (Lipinski definition) is 0. The van der Waals surface area contributed by atoms with Crippen molar-refractivity contribution in [3.63, 3.8) is 0 Å². The molecule has 2 heterocycles. The number of benzene rings is 8. The molecular weight excluding hydrogens is 625 g/mol. The topological polar surface area (TPSA) is 42.4 Å². The van der Waals surface area contributed by atoms with Crippen LogP contribution < -0.4 is 4.90 Å². The second-order valence-electron chi connectivity index (χ2n) is 12.8. The fraction of sp³-hybridized carbons (Fsp3) is 0. The van der Waals surface area contributed by atoms with Crippen molar-refractivity contribution in [1.82, 2.24) is 4.98 Å². The molecule has 2 aromatic heterocycles. The summed E-state index contributed by atoms with van der Waals surface area (Å²) in [6, 6.07) is 63.5. The summed E-state index contributed by atoms with van der Waals surface area (Å²) in [5, 5.41) is 4.45. The number of oxazole rings is 1.